The molecule has 0 fully saturated rings. The van der Waals surface area contributed by atoms with Gasteiger partial charge in [0.25, 0.3) is 0 Å². The molecule has 0 bridgehead atoms. The number of carbonyl (C=O) groups excluding carboxylic acids is 1. The van der Waals surface area contributed by atoms with E-state index in [-0.39, 0.29) is 25.2 Å². The van der Waals surface area contributed by atoms with Gasteiger partial charge in [-0.1, -0.05) is 71.3 Å². The first-order valence-electron chi connectivity index (χ1n) is 9.85. The Hall–Kier alpha value is -1.44. The van der Waals surface area contributed by atoms with Gasteiger partial charge in [-0.15, -0.1) is 0 Å². The molecule has 0 saturated heterocycles. The van der Waals surface area contributed by atoms with E-state index in [9.17, 15) is 9.59 Å². The monoisotopic (exact) mass is 390 g/mol. The first kappa shape index (κ1) is 27.8. The summed E-state index contributed by atoms with van der Waals surface area (Å²) < 4.78 is 4.97. The highest BCUT2D eigenvalue weighted by molar-refractivity contribution is 5.92. The Morgan fingerprint density at radius 1 is 0.889 bits per heavy atom. The van der Waals surface area contributed by atoms with Crippen LogP contribution >= 0.6 is 0 Å². The van der Waals surface area contributed by atoms with Crippen molar-refractivity contribution >= 4 is 11.9 Å². The van der Waals surface area contributed by atoms with Crippen LogP contribution in [0, 0.1) is 0 Å². The molecule has 160 valence electrons. The van der Waals surface area contributed by atoms with Gasteiger partial charge in [0.15, 0.2) is 0 Å². The van der Waals surface area contributed by atoms with Gasteiger partial charge in [-0.05, 0) is 6.42 Å². The van der Waals surface area contributed by atoms with Crippen LogP contribution in [-0.2, 0) is 14.3 Å². The van der Waals surface area contributed by atoms with Gasteiger partial charge < -0.3 is 25.2 Å². The van der Waals surface area contributed by atoms with Gasteiger partial charge in [0, 0.05) is 5.57 Å². The lowest BCUT2D eigenvalue weighted by Gasteiger charge is -2.05. The van der Waals surface area contributed by atoms with Crippen molar-refractivity contribution in [2.24, 2.45) is 0 Å². The van der Waals surface area contributed by atoms with E-state index in [0.29, 0.717) is 6.61 Å². The molecule has 0 aromatic rings. The lowest BCUT2D eigenvalue weighted by molar-refractivity contribution is -0.142. The van der Waals surface area contributed by atoms with Gasteiger partial charge in [-0.2, -0.15) is 0 Å². The number of carboxylic acid groups (broad SMARTS) is 1. The average molecular weight is 391 g/mol. The van der Waals surface area contributed by atoms with E-state index in [1.54, 1.807) is 0 Å². The minimum Gasteiger partial charge on any atom is -0.481 e. The average Bonchev–Trinajstić information content (AvgIpc) is 2.65. The number of hydrogen-bond donors (Lipinski definition) is 4. The number of aliphatic hydroxyl groups excluding tert-OH is 3. The zero-order chi connectivity index (χ0) is 20.9. The Bertz CT molecular complexity index is 379. The maximum atomic E-state index is 11.4. The van der Waals surface area contributed by atoms with Crippen molar-refractivity contribution in [2.75, 3.05) is 19.8 Å². The summed E-state index contributed by atoms with van der Waals surface area (Å²) >= 11 is 0. The number of rotatable bonds is 16. The van der Waals surface area contributed by atoms with Crippen LogP contribution in [0.4, 0.5) is 0 Å². The first-order valence-corrected chi connectivity index (χ1v) is 9.85. The molecule has 0 radical (unpaired) electrons. The first-order chi connectivity index (χ1) is 12.9. The second-order valence-electron chi connectivity index (χ2n) is 6.51. The van der Waals surface area contributed by atoms with Crippen molar-refractivity contribution in [1.29, 1.82) is 0 Å². The highest BCUT2D eigenvalue weighted by Crippen LogP contribution is 2.10. The predicted molar refractivity (Wildman–Crippen MR) is 104 cm³/mol. The SMILES string of the molecule is C=C(CC(=O)O)C(=O)OCCCCCCCCCCCC.OCC(O)CO. The molecular formula is C20H38O7. The van der Waals surface area contributed by atoms with Gasteiger partial charge in [-0.3, -0.25) is 4.79 Å². The van der Waals surface area contributed by atoms with Crippen LogP contribution in [0.3, 0.4) is 0 Å². The Labute approximate surface area is 163 Å². The summed E-state index contributed by atoms with van der Waals surface area (Å²) in [5.74, 6) is -1.65. The summed E-state index contributed by atoms with van der Waals surface area (Å²) in [7, 11) is 0. The smallest absolute Gasteiger partial charge is 0.333 e. The van der Waals surface area contributed by atoms with E-state index < -0.39 is 18.0 Å². The van der Waals surface area contributed by atoms with Gasteiger partial charge in [0.2, 0.25) is 0 Å². The quantitative estimate of drug-likeness (QED) is 0.181. The number of aliphatic carboxylic acids is 1. The fourth-order valence-electron chi connectivity index (χ4n) is 2.17. The summed E-state index contributed by atoms with van der Waals surface area (Å²) in [4.78, 5) is 21.8. The minimum absolute atomic E-state index is 0.00887. The molecule has 0 amide bonds. The molecular weight excluding hydrogens is 352 g/mol. The van der Waals surface area contributed by atoms with Crippen LogP contribution in [0.25, 0.3) is 0 Å². The molecule has 0 rings (SSSR count). The largest absolute Gasteiger partial charge is 0.481 e. The van der Waals surface area contributed by atoms with Gasteiger partial charge >= 0.3 is 11.9 Å². The van der Waals surface area contributed by atoms with Crippen molar-refractivity contribution < 1.29 is 34.8 Å². The molecule has 0 aliphatic heterocycles. The standard InChI is InChI=1S/C17H30O4.C3H8O3/c1-3-4-5-6-7-8-9-10-11-12-13-21-17(20)15(2)14-16(18)19;4-1-3(6)2-5/h2-14H2,1H3,(H,18,19);3-6H,1-2H2. The van der Waals surface area contributed by atoms with E-state index >= 15 is 0 Å². The highest BCUT2D eigenvalue weighted by atomic mass is 16.5. The molecule has 7 heteroatoms. The number of carboxylic acids is 1. The van der Waals surface area contributed by atoms with Gasteiger partial charge in [0.1, 0.15) is 6.10 Å². The molecule has 27 heavy (non-hydrogen) atoms. The minimum atomic E-state index is -1.06. The fraction of sp³-hybridized carbons (Fsp3) is 0.800. The summed E-state index contributed by atoms with van der Waals surface area (Å²) in [6.45, 7) is 5.26. The molecule has 0 spiro atoms. The lowest BCUT2D eigenvalue weighted by atomic mass is 10.1. The molecule has 0 aliphatic rings. The number of unbranched alkanes of at least 4 members (excludes halogenated alkanes) is 9. The Morgan fingerprint density at radius 2 is 1.33 bits per heavy atom. The molecule has 0 aromatic heterocycles. The van der Waals surface area contributed by atoms with Crippen LogP contribution in [0.5, 0.6) is 0 Å². The topological polar surface area (TPSA) is 124 Å². The second kappa shape index (κ2) is 20.9. The molecule has 0 heterocycles. The number of ether oxygens (including phenoxy) is 1. The Kier molecular flexibility index (Phi) is 21.5. The van der Waals surface area contributed by atoms with Crippen molar-refractivity contribution in [3.8, 4) is 0 Å². The van der Waals surface area contributed by atoms with Crippen molar-refractivity contribution in [1.82, 2.24) is 0 Å². The fourth-order valence-corrected chi connectivity index (χ4v) is 2.17. The number of hydrogen-bond acceptors (Lipinski definition) is 6. The maximum Gasteiger partial charge on any atom is 0.333 e. The zero-order valence-electron chi connectivity index (χ0n) is 16.7. The molecule has 0 atom stereocenters. The molecule has 0 saturated carbocycles. The van der Waals surface area contributed by atoms with Gasteiger partial charge in [0.05, 0.1) is 26.2 Å². The Balaban J connectivity index is 0. The predicted octanol–water partition coefficient (Wildman–Crippen LogP) is 2.81. The second-order valence-corrected chi connectivity index (χ2v) is 6.51. The third-order valence-electron chi connectivity index (χ3n) is 3.81. The van der Waals surface area contributed by atoms with Crippen LogP contribution in [0.2, 0.25) is 0 Å². The van der Waals surface area contributed by atoms with E-state index in [1.807, 2.05) is 0 Å². The van der Waals surface area contributed by atoms with E-state index in [1.165, 1.54) is 51.4 Å². The third-order valence-corrected chi connectivity index (χ3v) is 3.81. The summed E-state index contributed by atoms with van der Waals surface area (Å²) in [5, 5.41) is 32.5. The van der Waals surface area contributed by atoms with Crippen LogP contribution in [-0.4, -0.2) is 58.3 Å². The van der Waals surface area contributed by atoms with E-state index in [2.05, 4.69) is 13.5 Å². The summed E-state index contributed by atoms with van der Waals surface area (Å²) in [5.41, 5.74) is 0.00887. The molecule has 0 aromatic carbocycles. The maximum absolute atomic E-state index is 11.4. The van der Waals surface area contributed by atoms with E-state index in [0.717, 1.165) is 12.8 Å². The number of aliphatic hydroxyl groups is 3. The summed E-state index contributed by atoms with van der Waals surface area (Å²) in [6, 6.07) is 0. The van der Waals surface area contributed by atoms with Gasteiger partial charge in [-0.25, -0.2) is 4.79 Å². The van der Waals surface area contributed by atoms with Crippen LogP contribution in [0.1, 0.15) is 77.6 Å². The van der Waals surface area contributed by atoms with Crippen molar-refractivity contribution in [2.45, 2.75) is 83.7 Å². The molecule has 0 aliphatic carbocycles. The Morgan fingerprint density at radius 3 is 1.70 bits per heavy atom. The number of carbonyl (C=O) groups is 2. The molecule has 0 unspecified atom stereocenters. The zero-order valence-corrected chi connectivity index (χ0v) is 16.7. The van der Waals surface area contributed by atoms with Crippen LogP contribution < -0.4 is 0 Å². The van der Waals surface area contributed by atoms with Crippen molar-refractivity contribution in [3.05, 3.63) is 12.2 Å². The molecule has 7 nitrogen and oxygen atoms in total. The lowest BCUT2D eigenvalue weighted by Crippen LogP contribution is -2.15. The third kappa shape index (κ3) is 22.5. The number of esters is 1. The van der Waals surface area contributed by atoms with Crippen LogP contribution in [0.15, 0.2) is 12.2 Å². The summed E-state index contributed by atoms with van der Waals surface area (Å²) in [6.07, 6.45) is 10.9. The van der Waals surface area contributed by atoms with Crippen molar-refractivity contribution in [3.63, 3.8) is 0 Å². The normalized spacial score (nSPS) is 10.3. The highest BCUT2D eigenvalue weighted by Gasteiger charge is 2.11. The molecule has 4 N–H and O–H groups in total. The van der Waals surface area contributed by atoms with E-state index in [4.69, 9.17) is 25.2 Å².